The van der Waals surface area contributed by atoms with Crippen LogP contribution in [0.3, 0.4) is 0 Å². The maximum Gasteiger partial charge on any atom is 0.407 e. The Balaban J connectivity index is 3.77. The summed E-state index contributed by atoms with van der Waals surface area (Å²) in [6.07, 6.45) is -0.542. The number of rotatable bonds is 3. The lowest BCUT2D eigenvalue weighted by atomic mass is 9.91. The van der Waals surface area contributed by atoms with Gasteiger partial charge in [-0.1, -0.05) is 20.8 Å². The van der Waals surface area contributed by atoms with Crippen molar-refractivity contribution in [2.45, 2.75) is 27.7 Å². The normalized spacial score (nSPS) is 10.8. The molecule has 1 N–H and O–H groups in total. The van der Waals surface area contributed by atoms with E-state index >= 15 is 0 Å². The SMILES string of the molecule is CCOC(=O)NCC(=O)C(C)(C)C. The molecule has 0 aliphatic heterocycles. The molecule has 4 nitrogen and oxygen atoms in total. The highest BCUT2D eigenvalue weighted by atomic mass is 16.5. The average Bonchev–Trinajstić information content (AvgIpc) is 1.99. The summed E-state index contributed by atoms with van der Waals surface area (Å²) in [6, 6.07) is 0. The number of ketones is 1. The molecule has 0 spiro atoms. The standard InChI is InChI=1S/C9H17NO3/c1-5-13-8(12)10-6-7(11)9(2,3)4/h5-6H2,1-4H3,(H,10,12). The molecule has 0 atom stereocenters. The van der Waals surface area contributed by atoms with Gasteiger partial charge in [0, 0.05) is 5.41 Å². The molecule has 0 aromatic carbocycles. The first-order chi connectivity index (χ1) is 5.88. The number of carbonyl (C=O) groups is 2. The van der Waals surface area contributed by atoms with Crippen LogP contribution in [0.5, 0.6) is 0 Å². The predicted octanol–water partition coefficient (Wildman–Crippen LogP) is 1.35. The van der Waals surface area contributed by atoms with Crippen molar-refractivity contribution in [3.05, 3.63) is 0 Å². The Morgan fingerprint density at radius 1 is 1.31 bits per heavy atom. The van der Waals surface area contributed by atoms with Gasteiger partial charge in [0.15, 0.2) is 5.78 Å². The molecule has 13 heavy (non-hydrogen) atoms. The molecule has 0 heterocycles. The quantitative estimate of drug-likeness (QED) is 0.725. The lowest BCUT2D eigenvalue weighted by Gasteiger charge is -2.16. The van der Waals surface area contributed by atoms with Crippen LogP contribution >= 0.6 is 0 Å². The van der Waals surface area contributed by atoms with Crippen LogP contribution in [-0.4, -0.2) is 25.0 Å². The second-order valence-electron chi connectivity index (χ2n) is 3.75. The second kappa shape index (κ2) is 4.84. The van der Waals surface area contributed by atoms with Crippen LogP contribution in [0.15, 0.2) is 0 Å². The predicted molar refractivity (Wildman–Crippen MR) is 49.5 cm³/mol. The van der Waals surface area contributed by atoms with E-state index in [-0.39, 0.29) is 12.3 Å². The number of alkyl carbamates (subject to hydrolysis) is 1. The van der Waals surface area contributed by atoms with Gasteiger partial charge < -0.3 is 10.1 Å². The fourth-order valence-electron chi connectivity index (χ4n) is 0.600. The number of hydrogen-bond acceptors (Lipinski definition) is 3. The van der Waals surface area contributed by atoms with Crippen LogP contribution in [0.2, 0.25) is 0 Å². The summed E-state index contributed by atoms with van der Waals surface area (Å²) in [4.78, 5) is 22.1. The first kappa shape index (κ1) is 11.9. The molecule has 0 radical (unpaired) electrons. The third-order valence-electron chi connectivity index (χ3n) is 1.51. The summed E-state index contributed by atoms with van der Waals surface area (Å²) in [6.45, 7) is 7.48. The summed E-state index contributed by atoms with van der Waals surface area (Å²) in [7, 11) is 0. The third-order valence-corrected chi connectivity index (χ3v) is 1.51. The molecule has 0 saturated carbocycles. The smallest absolute Gasteiger partial charge is 0.407 e. The molecular formula is C9H17NO3. The van der Waals surface area contributed by atoms with Crippen LogP contribution in [0, 0.1) is 5.41 Å². The van der Waals surface area contributed by atoms with Gasteiger partial charge in [0.25, 0.3) is 0 Å². The van der Waals surface area contributed by atoms with Crippen LogP contribution in [0.1, 0.15) is 27.7 Å². The Labute approximate surface area is 78.6 Å². The van der Waals surface area contributed by atoms with E-state index < -0.39 is 11.5 Å². The van der Waals surface area contributed by atoms with E-state index in [4.69, 9.17) is 0 Å². The van der Waals surface area contributed by atoms with Crippen molar-refractivity contribution in [3.63, 3.8) is 0 Å². The summed E-state index contributed by atoms with van der Waals surface area (Å²) in [5.74, 6) is -0.0134. The molecule has 0 saturated heterocycles. The van der Waals surface area contributed by atoms with Crippen molar-refractivity contribution < 1.29 is 14.3 Å². The van der Waals surface area contributed by atoms with Gasteiger partial charge in [-0.2, -0.15) is 0 Å². The molecule has 0 bridgehead atoms. The lowest BCUT2D eigenvalue weighted by molar-refractivity contribution is -0.125. The number of hydrogen-bond donors (Lipinski definition) is 1. The molecule has 0 rings (SSSR count). The Morgan fingerprint density at radius 3 is 2.23 bits per heavy atom. The fourth-order valence-corrected chi connectivity index (χ4v) is 0.600. The molecule has 0 aromatic heterocycles. The van der Waals surface area contributed by atoms with Crippen LogP contribution in [0.4, 0.5) is 4.79 Å². The topological polar surface area (TPSA) is 55.4 Å². The van der Waals surface area contributed by atoms with Gasteiger partial charge in [-0.15, -0.1) is 0 Å². The molecule has 0 aliphatic carbocycles. The van der Waals surface area contributed by atoms with Crippen molar-refractivity contribution in [2.75, 3.05) is 13.2 Å². The first-order valence-corrected chi connectivity index (χ1v) is 4.32. The zero-order chi connectivity index (χ0) is 10.5. The molecule has 1 amide bonds. The van der Waals surface area contributed by atoms with Crippen LogP contribution in [0.25, 0.3) is 0 Å². The van der Waals surface area contributed by atoms with Gasteiger partial charge in [-0.3, -0.25) is 4.79 Å². The van der Waals surface area contributed by atoms with E-state index in [0.717, 1.165) is 0 Å². The highest BCUT2D eigenvalue weighted by molar-refractivity contribution is 5.87. The molecule has 0 fully saturated rings. The van der Waals surface area contributed by atoms with Gasteiger partial charge in [0.2, 0.25) is 0 Å². The lowest BCUT2D eigenvalue weighted by Crippen LogP contribution is -2.35. The third kappa shape index (κ3) is 5.22. The van der Waals surface area contributed by atoms with Crippen molar-refractivity contribution in [3.8, 4) is 0 Å². The summed E-state index contributed by atoms with van der Waals surface area (Å²) < 4.78 is 4.60. The number of carbonyl (C=O) groups excluding carboxylic acids is 2. The van der Waals surface area contributed by atoms with E-state index in [9.17, 15) is 9.59 Å². The molecule has 0 aliphatic rings. The van der Waals surface area contributed by atoms with E-state index in [1.165, 1.54) is 0 Å². The van der Waals surface area contributed by atoms with Gasteiger partial charge in [-0.05, 0) is 6.92 Å². The molecule has 76 valence electrons. The minimum atomic E-state index is -0.542. The minimum absolute atomic E-state index is 0.0134. The molecule has 0 unspecified atom stereocenters. The van der Waals surface area contributed by atoms with Crippen molar-refractivity contribution in [1.29, 1.82) is 0 Å². The highest BCUT2D eigenvalue weighted by Crippen LogP contribution is 2.13. The van der Waals surface area contributed by atoms with Crippen LogP contribution < -0.4 is 5.32 Å². The van der Waals surface area contributed by atoms with Crippen molar-refractivity contribution >= 4 is 11.9 Å². The van der Waals surface area contributed by atoms with E-state index in [1.807, 2.05) is 20.8 Å². The van der Waals surface area contributed by atoms with Gasteiger partial charge >= 0.3 is 6.09 Å². The second-order valence-corrected chi connectivity index (χ2v) is 3.75. The minimum Gasteiger partial charge on any atom is -0.450 e. The summed E-state index contributed by atoms with van der Waals surface area (Å²) in [5.41, 5.74) is -0.417. The zero-order valence-corrected chi connectivity index (χ0v) is 8.64. The number of ether oxygens (including phenoxy) is 1. The van der Waals surface area contributed by atoms with Gasteiger partial charge in [0.05, 0.1) is 13.2 Å². The maximum absolute atomic E-state index is 11.3. The molecular weight excluding hydrogens is 170 g/mol. The first-order valence-electron chi connectivity index (χ1n) is 4.32. The zero-order valence-electron chi connectivity index (χ0n) is 8.64. The Bertz CT molecular complexity index is 194. The Morgan fingerprint density at radius 2 is 1.85 bits per heavy atom. The Kier molecular flexibility index (Phi) is 4.45. The number of Topliss-reactive ketones (excluding diaryl/α,β-unsaturated/α-hetero) is 1. The van der Waals surface area contributed by atoms with Crippen molar-refractivity contribution in [2.24, 2.45) is 5.41 Å². The highest BCUT2D eigenvalue weighted by Gasteiger charge is 2.21. The van der Waals surface area contributed by atoms with E-state index in [1.54, 1.807) is 6.92 Å². The monoisotopic (exact) mass is 187 g/mol. The Hall–Kier alpha value is -1.06. The summed E-state index contributed by atoms with van der Waals surface area (Å²) in [5, 5.41) is 2.38. The largest absolute Gasteiger partial charge is 0.450 e. The van der Waals surface area contributed by atoms with Gasteiger partial charge in [0.1, 0.15) is 0 Å². The average molecular weight is 187 g/mol. The van der Waals surface area contributed by atoms with Crippen LogP contribution in [-0.2, 0) is 9.53 Å². The molecule has 0 aromatic rings. The number of nitrogens with one attached hydrogen (secondary N) is 1. The molecule has 4 heteroatoms. The fraction of sp³-hybridized carbons (Fsp3) is 0.778. The number of amides is 1. The van der Waals surface area contributed by atoms with Crippen molar-refractivity contribution in [1.82, 2.24) is 5.32 Å². The summed E-state index contributed by atoms with van der Waals surface area (Å²) >= 11 is 0. The van der Waals surface area contributed by atoms with Gasteiger partial charge in [-0.25, -0.2) is 4.79 Å². The van der Waals surface area contributed by atoms with E-state index in [2.05, 4.69) is 10.1 Å². The maximum atomic E-state index is 11.3. The van der Waals surface area contributed by atoms with E-state index in [0.29, 0.717) is 6.61 Å².